The third-order valence-corrected chi connectivity index (χ3v) is 2.76. The van der Waals surface area contributed by atoms with Gasteiger partial charge in [-0.1, -0.05) is 0 Å². The fourth-order valence-corrected chi connectivity index (χ4v) is 1.74. The Hall–Kier alpha value is -1.21. The molecule has 0 bridgehead atoms. The summed E-state index contributed by atoms with van der Waals surface area (Å²) in [5, 5.41) is 6.18. The zero-order chi connectivity index (χ0) is 12.8. The van der Waals surface area contributed by atoms with Gasteiger partial charge in [-0.3, -0.25) is 14.5 Å². The lowest BCUT2D eigenvalue weighted by Crippen LogP contribution is -2.45. The van der Waals surface area contributed by atoms with Gasteiger partial charge in [0.15, 0.2) is 5.11 Å². The minimum Gasteiger partial charge on any atom is -0.385 e. The normalized spacial score (nSPS) is 19.6. The highest BCUT2D eigenvalue weighted by Crippen LogP contribution is 2.09. The third kappa shape index (κ3) is 3.94. The van der Waals surface area contributed by atoms with Gasteiger partial charge in [0.1, 0.15) is 6.04 Å². The molecule has 0 radical (unpaired) electrons. The van der Waals surface area contributed by atoms with Gasteiger partial charge in [0.2, 0.25) is 5.91 Å². The summed E-state index contributed by atoms with van der Waals surface area (Å²) in [7, 11) is 3.11. The molecule has 1 unspecified atom stereocenters. The van der Waals surface area contributed by atoms with E-state index in [1.54, 1.807) is 7.11 Å². The first kappa shape index (κ1) is 13.9. The molecular formula is C10H17N3O3S. The van der Waals surface area contributed by atoms with E-state index in [0.29, 0.717) is 18.3 Å². The fourth-order valence-electron chi connectivity index (χ4n) is 1.50. The molecule has 96 valence electrons. The molecule has 1 fully saturated rings. The van der Waals surface area contributed by atoms with Gasteiger partial charge in [0, 0.05) is 27.3 Å². The summed E-state index contributed by atoms with van der Waals surface area (Å²) < 4.78 is 4.89. The number of hydrogen-bond acceptors (Lipinski definition) is 4. The summed E-state index contributed by atoms with van der Waals surface area (Å²) >= 11 is 5.03. The number of ether oxygens (including phenoxy) is 1. The van der Waals surface area contributed by atoms with Gasteiger partial charge >= 0.3 is 0 Å². The molecule has 1 aliphatic rings. The number of thiocarbonyl (C=S) groups is 1. The van der Waals surface area contributed by atoms with Crippen LogP contribution in [0.4, 0.5) is 0 Å². The number of likely N-dealkylation sites (tertiary alicyclic amines) is 1. The van der Waals surface area contributed by atoms with E-state index in [1.165, 1.54) is 7.05 Å². The Morgan fingerprint density at radius 2 is 2.29 bits per heavy atom. The van der Waals surface area contributed by atoms with Crippen LogP contribution in [0.2, 0.25) is 0 Å². The third-order valence-electron chi connectivity index (χ3n) is 2.50. The summed E-state index contributed by atoms with van der Waals surface area (Å²) in [6.45, 7) is 1.32. The van der Waals surface area contributed by atoms with Crippen LogP contribution < -0.4 is 10.6 Å². The zero-order valence-electron chi connectivity index (χ0n) is 9.99. The first-order valence-electron chi connectivity index (χ1n) is 5.40. The van der Waals surface area contributed by atoms with E-state index in [4.69, 9.17) is 17.0 Å². The molecule has 7 heteroatoms. The van der Waals surface area contributed by atoms with Crippen LogP contribution in [0.3, 0.4) is 0 Å². The van der Waals surface area contributed by atoms with Crippen LogP contribution >= 0.6 is 12.2 Å². The van der Waals surface area contributed by atoms with Gasteiger partial charge in [0.05, 0.1) is 6.42 Å². The van der Waals surface area contributed by atoms with Crippen molar-refractivity contribution in [3.05, 3.63) is 0 Å². The standard InChI is InChI=1S/C10H17N3O3S/c1-13-8(14)6-7(9(13)15)12-10(17)11-4-3-5-16-2/h7H,3-6H2,1-2H3,(H2,11,12,17). The smallest absolute Gasteiger partial charge is 0.251 e. The Bertz CT molecular complexity index is 322. The maximum atomic E-state index is 11.6. The molecule has 1 aliphatic heterocycles. The van der Waals surface area contributed by atoms with E-state index in [0.717, 1.165) is 11.3 Å². The van der Waals surface area contributed by atoms with Crippen LogP contribution in [0, 0.1) is 0 Å². The van der Waals surface area contributed by atoms with Crippen molar-refractivity contribution >= 4 is 29.1 Å². The molecule has 0 spiro atoms. The van der Waals surface area contributed by atoms with Crippen molar-refractivity contribution in [2.75, 3.05) is 27.3 Å². The highest BCUT2D eigenvalue weighted by atomic mass is 32.1. The van der Waals surface area contributed by atoms with Crippen LogP contribution in [-0.2, 0) is 14.3 Å². The predicted octanol–water partition coefficient (Wildman–Crippen LogP) is -0.756. The molecule has 1 rings (SSSR count). The van der Waals surface area contributed by atoms with Gasteiger partial charge in [-0.25, -0.2) is 0 Å². The molecule has 0 aromatic rings. The monoisotopic (exact) mass is 259 g/mol. The molecule has 1 atom stereocenters. The minimum absolute atomic E-state index is 0.162. The number of carbonyl (C=O) groups is 2. The number of likely N-dealkylation sites (N-methyl/N-ethyl adjacent to an activating group) is 1. The summed E-state index contributed by atoms with van der Waals surface area (Å²) in [4.78, 5) is 23.9. The first-order valence-corrected chi connectivity index (χ1v) is 5.80. The maximum absolute atomic E-state index is 11.6. The molecule has 0 aliphatic carbocycles. The highest BCUT2D eigenvalue weighted by molar-refractivity contribution is 7.80. The van der Waals surface area contributed by atoms with Gasteiger partial charge in [0.25, 0.3) is 5.91 Å². The quantitative estimate of drug-likeness (QED) is 0.384. The summed E-state index contributed by atoms with van der Waals surface area (Å²) in [5.74, 6) is -0.425. The van der Waals surface area contributed by atoms with Crippen molar-refractivity contribution in [1.29, 1.82) is 0 Å². The molecule has 0 aromatic heterocycles. The van der Waals surface area contributed by atoms with E-state index in [1.807, 2.05) is 0 Å². The van der Waals surface area contributed by atoms with E-state index in [9.17, 15) is 9.59 Å². The van der Waals surface area contributed by atoms with Crippen LogP contribution in [0.15, 0.2) is 0 Å². The number of amides is 2. The van der Waals surface area contributed by atoms with Crippen LogP contribution in [0.25, 0.3) is 0 Å². The summed E-state index contributed by atoms with van der Waals surface area (Å²) in [6, 6.07) is -0.532. The van der Waals surface area contributed by atoms with E-state index in [2.05, 4.69) is 10.6 Å². The number of imide groups is 1. The van der Waals surface area contributed by atoms with Crippen molar-refractivity contribution in [3.63, 3.8) is 0 Å². The largest absolute Gasteiger partial charge is 0.385 e. The van der Waals surface area contributed by atoms with E-state index in [-0.39, 0.29) is 18.2 Å². The molecular weight excluding hydrogens is 242 g/mol. The summed E-state index contributed by atoms with van der Waals surface area (Å²) in [6.07, 6.45) is 0.991. The Morgan fingerprint density at radius 1 is 1.59 bits per heavy atom. The van der Waals surface area contributed by atoms with Crippen molar-refractivity contribution in [1.82, 2.24) is 15.5 Å². The maximum Gasteiger partial charge on any atom is 0.251 e. The number of carbonyl (C=O) groups excluding carboxylic acids is 2. The topological polar surface area (TPSA) is 70.7 Å². The van der Waals surface area contributed by atoms with Gasteiger partial charge in [-0.2, -0.15) is 0 Å². The fraction of sp³-hybridized carbons (Fsp3) is 0.700. The number of rotatable bonds is 5. The Morgan fingerprint density at radius 3 is 2.82 bits per heavy atom. The molecule has 2 N–H and O–H groups in total. The van der Waals surface area contributed by atoms with Gasteiger partial charge < -0.3 is 15.4 Å². The first-order chi connectivity index (χ1) is 8.06. The zero-order valence-corrected chi connectivity index (χ0v) is 10.8. The van der Waals surface area contributed by atoms with E-state index >= 15 is 0 Å². The van der Waals surface area contributed by atoms with Gasteiger partial charge in [-0.05, 0) is 18.6 Å². The number of hydrogen-bond donors (Lipinski definition) is 2. The lowest BCUT2D eigenvalue weighted by atomic mass is 10.2. The lowest BCUT2D eigenvalue weighted by molar-refractivity contribution is -0.137. The minimum atomic E-state index is -0.532. The molecule has 6 nitrogen and oxygen atoms in total. The molecule has 2 amide bonds. The number of nitrogens with zero attached hydrogens (tertiary/aromatic N) is 1. The van der Waals surface area contributed by atoms with Crippen LogP contribution in [0.5, 0.6) is 0 Å². The van der Waals surface area contributed by atoms with Gasteiger partial charge in [-0.15, -0.1) is 0 Å². The Kier molecular flexibility index (Phi) is 5.30. The van der Waals surface area contributed by atoms with Crippen molar-refractivity contribution in [2.24, 2.45) is 0 Å². The van der Waals surface area contributed by atoms with Crippen molar-refractivity contribution in [3.8, 4) is 0 Å². The van der Waals surface area contributed by atoms with E-state index < -0.39 is 6.04 Å². The summed E-state index contributed by atoms with van der Waals surface area (Å²) in [5.41, 5.74) is 0. The van der Waals surface area contributed by atoms with Crippen LogP contribution in [-0.4, -0.2) is 55.2 Å². The second-order valence-electron chi connectivity index (χ2n) is 3.79. The lowest BCUT2D eigenvalue weighted by Gasteiger charge is -2.14. The highest BCUT2D eigenvalue weighted by Gasteiger charge is 2.36. The SMILES string of the molecule is COCCCNC(=S)NC1CC(=O)N(C)C1=O. The van der Waals surface area contributed by atoms with Crippen molar-refractivity contribution < 1.29 is 14.3 Å². The molecule has 0 saturated carbocycles. The second kappa shape index (κ2) is 6.51. The molecule has 0 aromatic carbocycles. The van der Waals surface area contributed by atoms with Crippen LogP contribution in [0.1, 0.15) is 12.8 Å². The number of methoxy groups -OCH3 is 1. The Labute approximate surface area is 106 Å². The van der Waals surface area contributed by atoms with Crippen molar-refractivity contribution in [2.45, 2.75) is 18.9 Å². The molecule has 17 heavy (non-hydrogen) atoms. The number of nitrogens with one attached hydrogen (secondary N) is 2. The second-order valence-corrected chi connectivity index (χ2v) is 4.20. The molecule has 1 heterocycles. The average Bonchev–Trinajstić information content (AvgIpc) is 2.53. The molecule has 1 saturated heterocycles. The predicted molar refractivity (Wildman–Crippen MR) is 66.4 cm³/mol. The average molecular weight is 259 g/mol. The Balaban J connectivity index is 2.27.